The van der Waals surface area contributed by atoms with Gasteiger partial charge in [0.15, 0.2) is 0 Å². The van der Waals surface area contributed by atoms with E-state index in [4.69, 9.17) is 0 Å². The van der Waals surface area contributed by atoms with Crippen molar-refractivity contribution >= 4 is 0 Å². The molecule has 2 atom stereocenters. The van der Waals surface area contributed by atoms with Crippen LogP contribution in [0.3, 0.4) is 0 Å². The molecule has 0 amide bonds. The molecule has 1 aliphatic rings. The SMILES string of the molecule is CCCNC1CCCC1CN(C)Cc1ccc(C)cc1. The Labute approximate surface area is 124 Å². The Balaban J connectivity index is 1.81. The van der Waals surface area contributed by atoms with Crippen molar-refractivity contribution in [3.63, 3.8) is 0 Å². The molecule has 20 heavy (non-hydrogen) atoms. The monoisotopic (exact) mass is 274 g/mol. The third-order valence-electron chi connectivity index (χ3n) is 4.43. The van der Waals surface area contributed by atoms with Gasteiger partial charge in [-0.2, -0.15) is 0 Å². The van der Waals surface area contributed by atoms with Crippen molar-refractivity contribution in [2.75, 3.05) is 20.1 Å². The van der Waals surface area contributed by atoms with Gasteiger partial charge < -0.3 is 10.2 Å². The second-order valence-corrected chi connectivity index (χ2v) is 6.43. The lowest BCUT2D eigenvalue weighted by Gasteiger charge is -2.26. The summed E-state index contributed by atoms with van der Waals surface area (Å²) in [6, 6.07) is 9.69. The van der Waals surface area contributed by atoms with Crippen LogP contribution in [0.5, 0.6) is 0 Å². The number of aryl methyl sites for hydroxylation is 1. The van der Waals surface area contributed by atoms with Gasteiger partial charge in [-0.15, -0.1) is 0 Å². The van der Waals surface area contributed by atoms with E-state index >= 15 is 0 Å². The topological polar surface area (TPSA) is 15.3 Å². The Bertz CT molecular complexity index is 385. The number of nitrogens with zero attached hydrogens (tertiary/aromatic N) is 1. The van der Waals surface area contributed by atoms with Crippen molar-refractivity contribution in [2.24, 2.45) is 5.92 Å². The maximum atomic E-state index is 3.73. The average molecular weight is 274 g/mol. The maximum absolute atomic E-state index is 3.73. The fourth-order valence-corrected chi connectivity index (χ4v) is 3.32. The minimum atomic E-state index is 0.746. The summed E-state index contributed by atoms with van der Waals surface area (Å²) in [7, 11) is 2.26. The maximum Gasteiger partial charge on any atom is 0.0230 e. The molecule has 0 bridgehead atoms. The summed E-state index contributed by atoms with van der Waals surface area (Å²) in [6.45, 7) is 7.85. The number of hydrogen-bond acceptors (Lipinski definition) is 2. The van der Waals surface area contributed by atoms with E-state index in [1.165, 1.54) is 49.9 Å². The zero-order chi connectivity index (χ0) is 14.4. The molecule has 1 aromatic rings. The van der Waals surface area contributed by atoms with Crippen LogP contribution < -0.4 is 5.32 Å². The Hall–Kier alpha value is -0.860. The Morgan fingerprint density at radius 3 is 2.65 bits per heavy atom. The number of nitrogens with one attached hydrogen (secondary N) is 1. The molecule has 0 heterocycles. The van der Waals surface area contributed by atoms with E-state index in [-0.39, 0.29) is 0 Å². The molecule has 0 aliphatic heterocycles. The molecule has 1 fully saturated rings. The third-order valence-corrected chi connectivity index (χ3v) is 4.43. The summed E-state index contributed by atoms with van der Waals surface area (Å²) >= 11 is 0. The predicted molar refractivity (Wildman–Crippen MR) is 86.9 cm³/mol. The molecule has 1 N–H and O–H groups in total. The van der Waals surface area contributed by atoms with E-state index in [0.29, 0.717) is 0 Å². The molecule has 2 heteroatoms. The van der Waals surface area contributed by atoms with Crippen LogP contribution in [-0.4, -0.2) is 31.1 Å². The van der Waals surface area contributed by atoms with Gasteiger partial charge >= 0.3 is 0 Å². The van der Waals surface area contributed by atoms with Gasteiger partial charge in [0.2, 0.25) is 0 Å². The largest absolute Gasteiger partial charge is 0.314 e. The zero-order valence-corrected chi connectivity index (χ0v) is 13.4. The zero-order valence-electron chi connectivity index (χ0n) is 13.4. The van der Waals surface area contributed by atoms with Gasteiger partial charge in [-0.05, 0) is 51.3 Å². The average Bonchev–Trinajstić information content (AvgIpc) is 2.86. The summed E-state index contributed by atoms with van der Waals surface area (Å²) in [5, 5.41) is 3.73. The van der Waals surface area contributed by atoms with Crippen LogP contribution in [0.25, 0.3) is 0 Å². The van der Waals surface area contributed by atoms with Crippen LogP contribution in [0.1, 0.15) is 43.7 Å². The second-order valence-electron chi connectivity index (χ2n) is 6.43. The Morgan fingerprint density at radius 1 is 1.20 bits per heavy atom. The summed E-state index contributed by atoms with van der Waals surface area (Å²) in [6.07, 6.45) is 5.38. The number of rotatable bonds is 7. The van der Waals surface area contributed by atoms with Gasteiger partial charge in [0.05, 0.1) is 0 Å². The predicted octanol–water partition coefficient (Wildman–Crippen LogP) is 3.60. The van der Waals surface area contributed by atoms with E-state index in [1.807, 2.05) is 0 Å². The van der Waals surface area contributed by atoms with Crippen molar-refractivity contribution in [2.45, 2.75) is 52.1 Å². The number of benzene rings is 1. The van der Waals surface area contributed by atoms with E-state index < -0.39 is 0 Å². The summed E-state index contributed by atoms with van der Waals surface area (Å²) in [5.41, 5.74) is 2.77. The highest BCUT2D eigenvalue weighted by molar-refractivity contribution is 5.21. The van der Waals surface area contributed by atoms with Gasteiger partial charge in [-0.1, -0.05) is 43.2 Å². The first-order valence-electron chi connectivity index (χ1n) is 8.16. The van der Waals surface area contributed by atoms with Gasteiger partial charge in [-0.25, -0.2) is 0 Å². The molecular formula is C18H30N2. The Kier molecular flexibility index (Phi) is 6.06. The minimum Gasteiger partial charge on any atom is -0.314 e. The lowest BCUT2D eigenvalue weighted by molar-refractivity contribution is 0.245. The highest BCUT2D eigenvalue weighted by atomic mass is 15.1. The van der Waals surface area contributed by atoms with Crippen molar-refractivity contribution < 1.29 is 0 Å². The second kappa shape index (κ2) is 7.80. The smallest absolute Gasteiger partial charge is 0.0230 e. The van der Waals surface area contributed by atoms with Crippen molar-refractivity contribution in [3.05, 3.63) is 35.4 Å². The van der Waals surface area contributed by atoms with Gasteiger partial charge in [0.25, 0.3) is 0 Å². The highest BCUT2D eigenvalue weighted by Crippen LogP contribution is 2.26. The first-order valence-corrected chi connectivity index (χ1v) is 8.16. The molecular weight excluding hydrogens is 244 g/mol. The summed E-state index contributed by atoms with van der Waals surface area (Å²) < 4.78 is 0. The van der Waals surface area contributed by atoms with Crippen LogP contribution >= 0.6 is 0 Å². The Morgan fingerprint density at radius 2 is 1.95 bits per heavy atom. The van der Waals surface area contributed by atoms with Crippen LogP contribution in [0.4, 0.5) is 0 Å². The van der Waals surface area contributed by atoms with Crippen LogP contribution in [0.15, 0.2) is 24.3 Å². The molecule has 112 valence electrons. The number of hydrogen-bond donors (Lipinski definition) is 1. The summed E-state index contributed by atoms with van der Waals surface area (Å²) in [4.78, 5) is 2.49. The van der Waals surface area contributed by atoms with E-state index in [2.05, 4.69) is 55.4 Å². The van der Waals surface area contributed by atoms with Crippen LogP contribution in [0.2, 0.25) is 0 Å². The molecule has 0 saturated heterocycles. The first-order chi connectivity index (χ1) is 9.69. The highest BCUT2D eigenvalue weighted by Gasteiger charge is 2.27. The fraction of sp³-hybridized carbons (Fsp3) is 0.667. The van der Waals surface area contributed by atoms with E-state index in [9.17, 15) is 0 Å². The molecule has 1 aromatic carbocycles. The molecule has 0 aromatic heterocycles. The van der Waals surface area contributed by atoms with Gasteiger partial charge in [-0.3, -0.25) is 0 Å². The third kappa shape index (κ3) is 4.60. The standard InChI is InChI=1S/C18H30N2/c1-4-12-19-18-7-5-6-17(18)14-20(3)13-16-10-8-15(2)9-11-16/h8-11,17-19H,4-7,12-14H2,1-3H3. The van der Waals surface area contributed by atoms with Gasteiger partial charge in [0, 0.05) is 19.1 Å². The van der Waals surface area contributed by atoms with E-state index in [0.717, 1.165) is 18.5 Å². The van der Waals surface area contributed by atoms with Gasteiger partial charge in [0.1, 0.15) is 0 Å². The molecule has 2 rings (SSSR count). The lowest BCUT2D eigenvalue weighted by Crippen LogP contribution is -2.38. The minimum absolute atomic E-state index is 0.746. The molecule has 0 spiro atoms. The van der Waals surface area contributed by atoms with Crippen molar-refractivity contribution in [1.82, 2.24) is 10.2 Å². The normalized spacial score (nSPS) is 22.6. The van der Waals surface area contributed by atoms with Crippen molar-refractivity contribution in [3.8, 4) is 0 Å². The molecule has 2 unspecified atom stereocenters. The molecule has 2 nitrogen and oxygen atoms in total. The van der Waals surface area contributed by atoms with Crippen molar-refractivity contribution in [1.29, 1.82) is 0 Å². The lowest BCUT2D eigenvalue weighted by atomic mass is 10.0. The summed E-state index contributed by atoms with van der Waals surface area (Å²) in [5.74, 6) is 0.831. The van der Waals surface area contributed by atoms with Crippen LogP contribution in [-0.2, 0) is 6.54 Å². The molecule has 1 saturated carbocycles. The quantitative estimate of drug-likeness (QED) is 0.817. The van der Waals surface area contributed by atoms with E-state index in [1.54, 1.807) is 0 Å². The first kappa shape index (κ1) is 15.5. The van der Waals surface area contributed by atoms with Crippen LogP contribution in [0, 0.1) is 12.8 Å². The fourth-order valence-electron chi connectivity index (χ4n) is 3.32. The molecule has 1 aliphatic carbocycles. The molecule has 0 radical (unpaired) electrons.